The van der Waals surface area contributed by atoms with Gasteiger partial charge in [-0.25, -0.2) is 0 Å². The van der Waals surface area contributed by atoms with Crippen molar-refractivity contribution in [2.75, 3.05) is 26.2 Å². The van der Waals surface area contributed by atoms with E-state index in [0.717, 1.165) is 26.1 Å². The zero-order valence-electron chi connectivity index (χ0n) is 10.6. The number of carboxylic acids is 1. The van der Waals surface area contributed by atoms with Crippen molar-refractivity contribution in [3.05, 3.63) is 0 Å². The lowest BCUT2D eigenvalue weighted by molar-refractivity contribution is -0.143. The largest absolute Gasteiger partial charge is 0.481 e. The molecule has 2 aliphatic rings. The number of hydrogen-bond acceptors (Lipinski definition) is 4. The Hall–Kier alpha value is -0.650. The average Bonchev–Trinajstić information content (AvgIpc) is 2.28. The number of nitrogens with one attached hydrogen (secondary N) is 1. The third kappa shape index (κ3) is 3.18. The zero-order chi connectivity index (χ0) is 12.4. The van der Waals surface area contributed by atoms with E-state index in [0.29, 0.717) is 12.6 Å². The van der Waals surface area contributed by atoms with Crippen molar-refractivity contribution in [2.24, 2.45) is 5.92 Å². The van der Waals surface area contributed by atoms with Crippen LogP contribution in [0, 0.1) is 5.92 Å². The van der Waals surface area contributed by atoms with Crippen molar-refractivity contribution >= 4 is 5.97 Å². The van der Waals surface area contributed by atoms with Gasteiger partial charge in [-0.3, -0.25) is 9.69 Å². The van der Waals surface area contributed by atoms with E-state index in [1.807, 2.05) is 0 Å². The SMILES string of the molecule is C[C@@H]1CN(C2CNCC(C(=O)O)C2)C[C@H](C)O1. The fourth-order valence-corrected chi connectivity index (χ4v) is 2.90. The molecule has 0 spiro atoms. The Morgan fingerprint density at radius 3 is 2.53 bits per heavy atom. The molecule has 0 radical (unpaired) electrons. The molecular weight excluding hydrogens is 220 g/mol. The summed E-state index contributed by atoms with van der Waals surface area (Å²) in [6.07, 6.45) is 1.23. The van der Waals surface area contributed by atoms with E-state index in [1.54, 1.807) is 0 Å². The first kappa shape index (κ1) is 12.8. The molecule has 5 heteroatoms. The number of nitrogens with zero attached hydrogens (tertiary/aromatic N) is 1. The first-order chi connectivity index (χ1) is 8.06. The maximum absolute atomic E-state index is 11.0. The fraction of sp³-hybridized carbons (Fsp3) is 0.917. The number of carbonyl (C=O) groups is 1. The van der Waals surface area contributed by atoms with Crippen molar-refractivity contribution in [3.8, 4) is 0 Å². The second kappa shape index (κ2) is 5.33. The van der Waals surface area contributed by atoms with Gasteiger partial charge in [0.15, 0.2) is 0 Å². The quantitative estimate of drug-likeness (QED) is 0.722. The summed E-state index contributed by atoms with van der Waals surface area (Å²) in [7, 11) is 0. The molecule has 17 heavy (non-hydrogen) atoms. The average molecular weight is 242 g/mol. The summed E-state index contributed by atoms with van der Waals surface area (Å²) in [6.45, 7) is 7.46. The Kier molecular flexibility index (Phi) is 4.01. The molecule has 0 bridgehead atoms. The van der Waals surface area contributed by atoms with Gasteiger partial charge in [-0.1, -0.05) is 0 Å². The predicted molar refractivity (Wildman–Crippen MR) is 64.0 cm³/mol. The monoisotopic (exact) mass is 242 g/mol. The van der Waals surface area contributed by atoms with Crippen molar-refractivity contribution < 1.29 is 14.6 Å². The van der Waals surface area contributed by atoms with E-state index in [1.165, 1.54) is 0 Å². The summed E-state index contributed by atoms with van der Waals surface area (Å²) in [5, 5.41) is 12.3. The van der Waals surface area contributed by atoms with Crippen molar-refractivity contribution in [1.82, 2.24) is 10.2 Å². The summed E-state index contributed by atoms with van der Waals surface area (Å²) in [4.78, 5) is 13.4. The first-order valence-electron chi connectivity index (χ1n) is 6.39. The van der Waals surface area contributed by atoms with E-state index >= 15 is 0 Å². The maximum Gasteiger partial charge on any atom is 0.307 e. The highest BCUT2D eigenvalue weighted by molar-refractivity contribution is 5.70. The Balaban J connectivity index is 1.94. The lowest BCUT2D eigenvalue weighted by Crippen LogP contribution is -2.56. The lowest BCUT2D eigenvalue weighted by atomic mass is 9.94. The summed E-state index contributed by atoms with van der Waals surface area (Å²) in [5.41, 5.74) is 0. The molecule has 0 aromatic heterocycles. The van der Waals surface area contributed by atoms with Gasteiger partial charge in [-0.15, -0.1) is 0 Å². The van der Waals surface area contributed by atoms with Crippen LogP contribution in [0.5, 0.6) is 0 Å². The first-order valence-corrected chi connectivity index (χ1v) is 6.39. The van der Waals surface area contributed by atoms with Gasteiger partial charge in [0.05, 0.1) is 18.1 Å². The molecule has 2 aliphatic heterocycles. The Morgan fingerprint density at radius 1 is 1.29 bits per heavy atom. The van der Waals surface area contributed by atoms with E-state index in [4.69, 9.17) is 9.84 Å². The minimum absolute atomic E-state index is 0.240. The minimum Gasteiger partial charge on any atom is -0.481 e. The van der Waals surface area contributed by atoms with Gasteiger partial charge in [0.1, 0.15) is 0 Å². The third-order valence-corrected chi connectivity index (χ3v) is 3.64. The molecule has 0 amide bonds. The molecule has 98 valence electrons. The van der Waals surface area contributed by atoms with Crippen LogP contribution in [0.3, 0.4) is 0 Å². The van der Waals surface area contributed by atoms with Crippen LogP contribution in [-0.2, 0) is 9.53 Å². The van der Waals surface area contributed by atoms with Crippen molar-refractivity contribution in [2.45, 2.75) is 38.5 Å². The molecule has 2 N–H and O–H groups in total. The van der Waals surface area contributed by atoms with E-state index in [9.17, 15) is 4.79 Å². The molecule has 2 rings (SSSR count). The molecule has 2 saturated heterocycles. The van der Waals surface area contributed by atoms with Crippen LogP contribution in [0.15, 0.2) is 0 Å². The molecule has 0 aromatic carbocycles. The molecule has 2 fully saturated rings. The van der Waals surface area contributed by atoms with E-state index in [2.05, 4.69) is 24.1 Å². The predicted octanol–water partition coefficient (Wildman–Crippen LogP) is 0.158. The molecule has 2 heterocycles. The van der Waals surface area contributed by atoms with E-state index < -0.39 is 5.97 Å². The van der Waals surface area contributed by atoms with E-state index in [-0.39, 0.29) is 18.1 Å². The molecule has 0 saturated carbocycles. The van der Waals surface area contributed by atoms with Crippen LogP contribution in [0.1, 0.15) is 20.3 Å². The third-order valence-electron chi connectivity index (χ3n) is 3.64. The summed E-state index contributed by atoms with van der Waals surface area (Å²) < 4.78 is 5.70. The van der Waals surface area contributed by atoms with Gasteiger partial charge in [0.25, 0.3) is 0 Å². The molecule has 4 atom stereocenters. The number of ether oxygens (including phenoxy) is 1. The standard InChI is InChI=1S/C12H22N2O3/c1-8-6-14(7-9(2)17-8)11-3-10(12(15)16)4-13-5-11/h8-11,13H,3-7H2,1-2H3,(H,15,16)/t8-,9+,10?,11?. The fourth-order valence-electron chi connectivity index (χ4n) is 2.90. The van der Waals surface area contributed by atoms with Gasteiger partial charge in [-0.05, 0) is 20.3 Å². The summed E-state index contributed by atoms with van der Waals surface area (Å²) in [6, 6.07) is 0.332. The van der Waals surface area contributed by atoms with Crippen LogP contribution in [-0.4, -0.2) is 60.4 Å². The number of morpholine rings is 1. The highest BCUT2D eigenvalue weighted by Gasteiger charge is 2.33. The Labute approximate surface area is 102 Å². The highest BCUT2D eigenvalue weighted by Crippen LogP contribution is 2.20. The molecule has 5 nitrogen and oxygen atoms in total. The number of rotatable bonds is 2. The highest BCUT2D eigenvalue weighted by atomic mass is 16.5. The second-order valence-corrected chi connectivity index (χ2v) is 5.29. The second-order valence-electron chi connectivity index (χ2n) is 5.29. The van der Waals surface area contributed by atoms with Gasteiger partial charge in [-0.2, -0.15) is 0 Å². The Bertz CT molecular complexity index is 275. The number of carboxylic acid groups (broad SMARTS) is 1. The van der Waals surface area contributed by atoms with Crippen LogP contribution >= 0.6 is 0 Å². The number of piperidine rings is 1. The molecule has 0 aromatic rings. The van der Waals surface area contributed by atoms with Gasteiger partial charge < -0.3 is 15.2 Å². The molecule has 2 unspecified atom stereocenters. The smallest absolute Gasteiger partial charge is 0.307 e. The van der Waals surface area contributed by atoms with Crippen LogP contribution < -0.4 is 5.32 Å². The van der Waals surface area contributed by atoms with Gasteiger partial charge in [0, 0.05) is 32.2 Å². The summed E-state index contributed by atoms with van der Waals surface area (Å²) >= 11 is 0. The minimum atomic E-state index is -0.684. The number of aliphatic carboxylic acids is 1. The van der Waals surface area contributed by atoms with Crippen molar-refractivity contribution in [1.29, 1.82) is 0 Å². The number of hydrogen-bond donors (Lipinski definition) is 2. The Morgan fingerprint density at radius 2 is 1.94 bits per heavy atom. The van der Waals surface area contributed by atoms with Crippen LogP contribution in [0.2, 0.25) is 0 Å². The zero-order valence-corrected chi connectivity index (χ0v) is 10.6. The van der Waals surface area contributed by atoms with Crippen LogP contribution in [0.4, 0.5) is 0 Å². The lowest BCUT2D eigenvalue weighted by Gasteiger charge is -2.42. The summed E-state index contributed by atoms with van der Waals surface area (Å²) in [5.74, 6) is -0.932. The normalized spacial score (nSPS) is 40.1. The van der Waals surface area contributed by atoms with Crippen LogP contribution in [0.25, 0.3) is 0 Å². The molecule has 0 aliphatic carbocycles. The van der Waals surface area contributed by atoms with Gasteiger partial charge >= 0.3 is 5.97 Å². The molecular formula is C12H22N2O3. The maximum atomic E-state index is 11.0. The topological polar surface area (TPSA) is 61.8 Å². The van der Waals surface area contributed by atoms with Crippen molar-refractivity contribution in [3.63, 3.8) is 0 Å². The van der Waals surface area contributed by atoms with Gasteiger partial charge in [0.2, 0.25) is 0 Å².